The van der Waals surface area contributed by atoms with E-state index in [0.29, 0.717) is 0 Å². The van der Waals surface area contributed by atoms with Crippen LogP contribution in [0.15, 0.2) is 48.5 Å². The first kappa shape index (κ1) is 11.3. The highest BCUT2D eigenvalue weighted by atomic mass is 14.1. The zero-order chi connectivity index (χ0) is 12.4. The normalized spacial score (nSPS) is 11.2. The molecule has 0 aliphatic heterocycles. The van der Waals surface area contributed by atoms with Crippen LogP contribution in [0.3, 0.4) is 0 Å². The molecule has 0 aromatic heterocycles. The summed E-state index contributed by atoms with van der Waals surface area (Å²) in [5, 5.41) is 5.45. The van der Waals surface area contributed by atoms with E-state index in [4.69, 9.17) is 0 Å². The molecule has 3 aromatic carbocycles. The number of unbranched alkanes of at least 4 members (excludes halogenated alkanes) is 1. The summed E-state index contributed by atoms with van der Waals surface area (Å²) in [5.74, 6) is 0. The molecule has 0 bridgehead atoms. The number of benzene rings is 3. The Kier molecular flexibility index (Phi) is 3.02. The minimum atomic E-state index is 1.17. The summed E-state index contributed by atoms with van der Waals surface area (Å²) in [5.41, 5.74) is 1.50. The molecule has 0 heteroatoms. The monoisotopic (exact) mass is 233 g/mol. The van der Waals surface area contributed by atoms with Gasteiger partial charge in [0.1, 0.15) is 0 Å². The van der Waals surface area contributed by atoms with Crippen molar-refractivity contribution < 1.29 is 0 Å². The summed E-state index contributed by atoms with van der Waals surface area (Å²) < 4.78 is 0. The lowest BCUT2D eigenvalue weighted by molar-refractivity contribution is 0.802. The molecule has 0 fully saturated rings. The minimum absolute atomic E-state index is 1.17. The molecule has 3 rings (SSSR count). The van der Waals surface area contributed by atoms with Gasteiger partial charge in [-0.2, -0.15) is 0 Å². The Bertz CT molecular complexity index is 626. The summed E-state index contributed by atoms with van der Waals surface area (Å²) in [6, 6.07) is 20.5. The van der Waals surface area contributed by atoms with E-state index in [9.17, 15) is 0 Å². The van der Waals surface area contributed by atoms with Gasteiger partial charge in [0.25, 0.3) is 0 Å². The molecular weight excluding hydrogens is 216 g/mol. The molecule has 0 aliphatic carbocycles. The lowest BCUT2D eigenvalue weighted by Crippen LogP contribution is -1.90. The summed E-state index contributed by atoms with van der Waals surface area (Å²) in [6.45, 7) is 2.25. The van der Waals surface area contributed by atoms with Crippen molar-refractivity contribution in [2.75, 3.05) is 0 Å². The van der Waals surface area contributed by atoms with E-state index in [-0.39, 0.29) is 0 Å². The minimum Gasteiger partial charge on any atom is -0.0654 e. The molecule has 0 atom stereocenters. The maximum Gasteiger partial charge on any atom is -0.0145 e. The van der Waals surface area contributed by atoms with Crippen LogP contribution in [0.4, 0.5) is 0 Å². The zero-order valence-electron chi connectivity index (χ0n) is 10.7. The highest BCUT2D eigenvalue weighted by Gasteiger charge is 2.06. The van der Waals surface area contributed by atoms with Crippen LogP contribution in [0, 0.1) is 6.07 Å². The Morgan fingerprint density at radius 2 is 1.83 bits per heavy atom. The molecule has 18 heavy (non-hydrogen) atoms. The van der Waals surface area contributed by atoms with Crippen molar-refractivity contribution in [2.24, 2.45) is 0 Å². The predicted molar refractivity (Wildman–Crippen MR) is 78.9 cm³/mol. The third-order valence-electron chi connectivity index (χ3n) is 3.60. The molecule has 0 aliphatic rings. The third-order valence-corrected chi connectivity index (χ3v) is 3.60. The quantitative estimate of drug-likeness (QED) is 0.550. The Morgan fingerprint density at radius 1 is 1.00 bits per heavy atom. The van der Waals surface area contributed by atoms with E-state index >= 15 is 0 Å². The second kappa shape index (κ2) is 4.81. The van der Waals surface area contributed by atoms with Crippen molar-refractivity contribution in [3.05, 3.63) is 60.2 Å². The number of fused-ring (bicyclic) bond motifs is 2. The number of aryl methyl sites for hydroxylation is 1. The largest absolute Gasteiger partial charge is 0.0654 e. The Balaban J connectivity index is 2.34. The second-order valence-electron chi connectivity index (χ2n) is 4.83. The maximum atomic E-state index is 3.18. The van der Waals surface area contributed by atoms with Gasteiger partial charge in [-0.05, 0) is 58.1 Å². The average molecular weight is 233 g/mol. The highest BCUT2D eigenvalue weighted by molar-refractivity contribution is 6.02. The zero-order valence-corrected chi connectivity index (χ0v) is 10.7. The lowest BCUT2D eigenvalue weighted by Gasteiger charge is -2.11. The fourth-order valence-corrected chi connectivity index (χ4v) is 2.67. The Hall–Kier alpha value is -1.82. The van der Waals surface area contributed by atoms with E-state index < -0.39 is 0 Å². The van der Waals surface area contributed by atoms with Crippen molar-refractivity contribution >= 4 is 21.5 Å². The molecule has 0 nitrogen and oxygen atoms in total. The topological polar surface area (TPSA) is 0 Å². The number of hydrogen-bond acceptors (Lipinski definition) is 0. The standard InChI is InChI=1S/C18H17/c1-2-3-10-18-16-11-6-4-8-14(16)13-15-9-5-7-12-17(15)18/h4,6-9,11-13H,2-3,10H2,1H3. The van der Waals surface area contributed by atoms with Crippen LogP contribution < -0.4 is 0 Å². The molecule has 1 radical (unpaired) electrons. The van der Waals surface area contributed by atoms with E-state index in [1.54, 1.807) is 0 Å². The molecule has 0 amide bonds. The van der Waals surface area contributed by atoms with Gasteiger partial charge in [0.05, 0.1) is 0 Å². The van der Waals surface area contributed by atoms with E-state index in [0.717, 1.165) is 0 Å². The Labute approximate surface area is 108 Å². The molecule has 89 valence electrons. The smallest absolute Gasteiger partial charge is 0.0145 e. The first-order valence-electron chi connectivity index (χ1n) is 6.70. The van der Waals surface area contributed by atoms with Crippen LogP contribution in [0.1, 0.15) is 25.3 Å². The van der Waals surface area contributed by atoms with Gasteiger partial charge < -0.3 is 0 Å². The third kappa shape index (κ3) is 1.88. The van der Waals surface area contributed by atoms with Crippen LogP contribution in [-0.4, -0.2) is 0 Å². The van der Waals surface area contributed by atoms with Gasteiger partial charge in [-0.25, -0.2) is 0 Å². The molecule has 0 unspecified atom stereocenters. The first-order valence-corrected chi connectivity index (χ1v) is 6.70. The van der Waals surface area contributed by atoms with Crippen LogP contribution >= 0.6 is 0 Å². The van der Waals surface area contributed by atoms with E-state index in [1.807, 2.05) is 6.07 Å². The molecule has 0 spiro atoms. The molecular formula is C18H17. The van der Waals surface area contributed by atoms with Gasteiger partial charge in [-0.15, -0.1) is 0 Å². The average Bonchev–Trinajstić information content (AvgIpc) is 2.43. The van der Waals surface area contributed by atoms with Crippen molar-refractivity contribution in [3.8, 4) is 0 Å². The van der Waals surface area contributed by atoms with Gasteiger partial charge in [0.2, 0.25) is 0 Å². The fourth-order valence-electron chi connectivity index (χ4n) is 2.67. The van der Waals surface area contributed by atoms with Crippen LogP contribution in [-0.2, 0) is 6.42 Å². The van der Waals surface area contributed by atoms with Crippen molar-refractivity contribution in [1.29, 1.82) is 0 Å². The van der Waals surface area contributed by atoms with E-state index in [2.05, 4.69) is 55.5 Å². The number of rotatable bonds is 3. The summed E-state index contributed by atoms with van der Waals surface area (Å²) in [6.07, 6.45) is 3.66. The van der Waals surface area contributed by atoms with Gasteiger partial charge in [-0.1, -0.05) is 49.7 Å². The summed E-state index contributed by atoms with van der Waals surface area (Å²) >= 11 is 0. The molecule has 0 saturated heterocycles. The van der Waals surface area contributed by atoms with Gasteiger partial charge in [0.15, 0.2) is 0 Å². The molecule has 3 aromatic rings. The molecule has 0 N–H and O–H groups in total. The van der Waals surface area contributed by atoms with Crippen molar-refractivity contribution in [1.82, 2.24) is 0 Å². The van der Waals surface area contributed by atoms with Crippen molar-refractivity contribution in [2.45, 2.75) is 26.2 Å². The highest BCUT2D eigenvalue weighted by Crippen LogP contribution is 2.29. The molecule has 0 heterocycles. The lowest BCUT2D eigenvalue weighted by atomic mass is 9.94. The van der Waals surface area contributed by atoms with Crippen molar-refractivity contribution in [3.63, 3.8) is 0 Å². The van der Waals surface area contributed by atoms with E-state index in [1.165, 1.54) is 46.4 Å². The fraction of sp³-hybridized carbons (Fsp3) is 0.222. The predicted octanol–water partition coefficient (Wildman–Crippen LogP) is 5.14. The number of hydrogen-bond donors (Lipinski definition) is 0. The Morgan fingerprint density at radius 3 is 2.72 bits per heavy atom. The maximum absolute atomic E-state index is 3.18. The SMILES string of the molecule is CCCCc1c2cc[c]cc2cc2ccccc12. The first-order chi connectivity index (χ1) is 8.90. The van der Waals surface area contributed by atoms with Crippen LogP contribution in [0.25, 0.3) is 21.5 Å². The van der Waals surface area contributed by atoms with Gasteiger partial charge >= 0.3 is 0 Å². The van der Waals surface area contributed by atoms with Crippen LogP contribution in [0.5, 0.6) is 0 Å². The van der Waals surface area contributed by atoms with Gasteiger partial charge in [-0.3, -0.25) is 0 Å². The second-order valence-corrected chi connectivity index (χ2v) is 4.83. The summed E-state index contributed by atoms with van der Waals surface area (Å²) in [4.78, 5) is 0. The van der Waals surface area contributed by atoms with Crippen LogP contribution in [0.2, 0.25) is 0 Å². The molecule has 0 saturated carbocycles. The summed E-state index contributed by atoms with van der Waals surface area (Å²) in [7, 11) is 0. The van der Waals surface area contributed by atoms with Gasteiger partial charge in [0, 0.05) is 0 Å².